The molecule has 0 bridgehead atoms. The van der Waals surface area contributed by atoms with E-state index in [1.165, 1.54) is 6.20 Å². The van der Waals surface area contributed by atoms with E-state index in [1.807, 2.05) is 0 Å². The Bertz CT molecular complexity index is 666. The van der Waals surface area contributed by atoms with Crippen molar-refractivity contribution >= 4 is 11.5 Å². The topological polar surface area (TPSA) is 100 Å². The number of aromatic amines is 1. The monoisotopic (exact) mass is 248 g/mol. The Kier molecular flexibility index (Phi) is 2.39. The standard InChI is InChI=1S/C11H12N4O3/c16-10-7-5-12-9(11(17)18)15(7)14-8(13-10)6-3-1-2-4-6/h5-6H,1-4H2,(H,17,18)(H,13,14,16). The van der Waals surface area contributed by atoms with Crippen LogP contribution in [0.25, 0.3) is 5.52 Å². The number of carboxylic acids is 1. The predicted molar refractivity (Wildman–Crippen MR) is 61.8 cm³/mol. The molecule has 2 aromatic heterocycles. The molecule has 2 N–H and O–H groups in total. The van der Waals surface area contributed by atoms with Gasteiger partial charge in [-0.3, -0.25) is 4.79 Å². The molecule has 1 aliphatic rings. The molecule has 0 radical (unpaired) electrons. The number of hydrogen-bond acceptors (Lipinski definition) is 4. The van der Waals surface area contributed by atoms with Crippen molar-refractivity contribution in [3.63, 3.8) is 0 Å². The Balaban J connectivity index is 2.20. The van der Waals surface area contributed by atoms with Crippen molar-refractivity contribution in [2.24, 2.45) is 0 Å². The molecule has 2 aromatic rings. The number of hydrogen-bond donors (Lipinski definition) is 2. The first-order valence-electron chi connectivity index (χ1n) is 5.88. The lowest BCUT2D eigenvalue weighted by Crippen LogP contribution is -2.19. The van der Waals surface area contributed by atoms with Crippen molar-refractivity contribution in [3.05, 3.63) is 28.2 Å². The fraction of sp³-hybridized carbons (Fsp3) is 0.455. The van der Waals surface area contributed by atoms with Crippen LogP contribution in [0.15, 0.2) is 11.0 Å². The molecule has 1 fully saturated rings. The van der Waals surface area contributed by atoms with Gasteiger partial charge in [0.25, 0.3) is 5.56 Å². The molecule has 0 atom stereocenters. The van der Waals surface area contributed by atoms with Gasteiger partial charge in [0, 0.05) is 5.92 Å². The van der Waals surface area contributed by atoms with E-state index >= 15 is 0 Å². The van der Waals surface area contributed by atoms with Gasteiger partial charge >= 0.3 is 5.97 Å². The van der Waals surface area contributed by atoms with Crippen LogP contribution in [0.3, 0.4) is 0 Å². The van der Waals surface area contributed by atoms with E-state index < -0.39 is 5.97 Å². The van der Waals surface area contributed by atoms with Gasteiger partial charge in [0.15, 0.2) is 5.52 Å². The van der Waals surface area contributed by atoms with E-state index in [-0.39, 0.29) is 22.8 Å². The van der Waals surface area contributed by atoms with Gasteiger partial charge in [-0.05, 0) is 12.8 Å². The summed E-state index contributed by atoms with van der Waals surface area (Å²) in [6.07, 6.45) is 5.41. The molecule has 1 saturated carbocycles. The fourth-order valence-electron chi connectivity index (χ4n) is 2.44. The summed E-state index contributed by atoms with van der Waals surface area (Å²) in [5, 5.41) is 13.2. The summed E-state index contributed by atoms with van der Waals surface area (Å²) in [5.41, 5.74) is -0.180. The Morgan fingerprint density at radius 3 is 2.83 bits per heavy atom. The van der Waals surface area contributed by atoms with Gasteiger partial charge in [-0.1, -0.05) is 12.8 Å². The van der Waals surface area contributed by atoms with Crippen molar-refractivity contribution in [2.75, 3.05) is 0 Å². The number of imidazole rings is 1. The number of nitrogens with zero attached hydrogens (tertiary/aromatic N) is 3. The van der Waals surface area contributed by atoms with Crippen LogP contribution in [-0.2, 0) is 0 Å². The zero-order chi connectivity index (χ0) is 12.7. The zero-order valence-corrected chi connectivity index (χ0v) is 9.59. The molecule has 7 heteroatoms. The van der Waals surface area contributed by atoms with E-state index in [0.717, 1.165) is 30.2 Å². The maximum Gasteiger partial charge on any atom is 0.374 e. The highest BCUT2D eigenvalue weighted by Gasteiger charge is 2.22. The van der Waals surface area contributed by atoms with Crippen molar-refractivity contribution < 1.29 is 9.90 Å². The van der Waals surface area contributed by atoms with Gasteiger partial charge in [-0.25, -0.2) is 9.78 Å². The largest absolute Gasteiger partial charge is 0.475 e. The van der Waals surface area contributed by atoms with Crippen LogP contribution < -0.4 is 5.56 Å². The molecule has 94 valence electrons. The quantitative estimate of drug-likeness (QED) is 0.817. The highest BCUT2D eigenvalue weighted by molar-refractivity contribution is 5.84. The maximum absolute atomic E-state index is 11.8. The third-order valence-electron chi connectivity index (χ3n) is 3.35. The molecule has 2 heterocycles. The molecular weight excluding hydrogens is 236 g/mol. The summed E-state index contributed by atoms with van der Waals surface area (Å²) in [5.74, 6) is -0.641. The molecule has 1 aliphatic carbocycles. The van der Waals surface area contributed by atoms with Crippen LogP contribution in [0.5, 0.6) is 0 Å². The molecule has 3 rings (SSSR count). The Labute approximate surface area is 101 Å². The second kappa shape index (κ2) is 3.94. The number of rotatable bonds is 2. The number of aromatic nitrogens is 4. The molecule has 7 nitrogen and oxygen atoms in total. The Morgan fingerprint density at radius 2 is 2.17 bits per heavy atom. The van der Waals surface area contributed by atoms with Gasteiger partial charge in [-0.15, -0.1) is 0 Å². The maximum atomic E-state index is 11.8. The lowest BCUT2D eigenvalue weighted by atomic mass is 10.1. The summed E-state index contributed by atoms with van der Waals surface area (Å²) in [7, 11) is 0. The molecule has 0 saturated heterocycles. The van der Waals surface area contributed by atoms with Crippen molar-refractivity contribution in [3.8, 4) is 0 Å². The second-order valence-corrected chi connectivity index (χ2v) is 4.50. The van der Waals surface area contributed by atoms with Crippen molar-refractivity contribution in [1.82, 2.24) is 19.6 Å². The summed E-state index contributed by atoms with van der Waals surface area (Å²) < 4.78 is 1.12. The molecule has 0 aliphatic heterocycles. The SMILES string of the molecule is O=C(O)c1ncc2c(=O)[nH]c(C3CCCC3)nn12. The highest BCUT2D eigenvalue weighted by atomic mass is 16.4. The molecule has 0 unspecified atom stereocenters. The highest BCUT2D eigenvalue weighted by Crippen LogP contribution is 2.31. The second-order valence-electron chi connectivity index (χ2n) is 4.50. The molecule has 0 spiro atoms. The minimum absolute atomic E-state index is 0.161. The van der Waals surface area contributed by atoms with Gasteiger partial charge < -0.3 is 10.1 Å². The summed E-state index contributed by atoms with van der Waals surface area (Å²) in [6.45, 7) is 0. The summed E-state index contributed by atoms with van der Waals surface area (Å²) in [6, 6.07) is 0. The lowest BCUT2D eigenvalue weighted by Gasteiger charge is -2.08. The number of fused-ring (bicyclic) bond motifs is 1. The predicted octanol–water partition coefficient (Wildman–Crippen LogP) is 0.773. The third kappa shape index (κ3) is 1.59. The number of carbonyl (C=O) groups is 1. The van der Waals surface area contributed by atoms with Gasteiger partial charge in [-0.2, -0.15) is 9.61 Å². The average molecular weight is 248 g/mol. The fourth-order valence-corrected chi connectivity index (χ4v) is 2.44. The third-order valence-corrected chi connectivity index (χ3v) is 3.35. The lowest BCUT2D eigenvalue weighted by molar-refractivity contribution is 0.0681. The first-order valence-corrected chi connectivity index (χ1v) is 5.88. The number of aromatic carboxylic acids is 1. The van der Waals surface area contributed by atoms with Crippen LogP contribution >= 0.6 is 0 Å². The average Bonchev–Trinajstić information content (AvgIpc) is 2.97. The van der Waals surface area contributed by atoms with Gasteiger partial charge in [0.1, 0.15) is 5.82 Å². The van der Waals surface area contributed by atoms with E-state index in [0.29, 0.717) is 5.82 Å². The Hall–Kier alpha value is -2.18. The van der Waals surface area contributed by atoms with E-state index in [4.69, 9.17) is 5.11 Å². The van der Waals surface area contributed by atoms with Gasteiger partial charge in [0.05, 0.1) is 6.20 Å². The van der Waals surface area contributed by atoms with E-state index in [1.54, 1.807) is 0 Å². The van der Waals surface area contributed by atoms with Crippen molar-refractivity contribution in [1.29, 1.82) is 0 Å². The first-order chi connectivity index (χ1) is 8.66. The number of carboxylic acid groups (broad SMARTS) is 1. The zero-order valence-electron chi connectivity index (χ0n) is 9.59. The van der Waals surface area contributed by atoms with Crippen LogP contribution in [0, 0.1) is 0 Å². The number of nitrogens with one attached hydrogen (secondary N) is 1. The van der Waals surface area contributed by atoms with Crippen LogP contribution in [0.1, 0.15) is 48.0 Å². The summed E-state index contributed by atoms with van der Waals surface area (Å²) >= 11 is 0. The Morgan fingerprint density at radius 1 is 1.44 bits per heavy atom. The molecule has 18 heavy (non-hydrogen) atoms. The minimum Gasteiger partial charge on any atom is -0.475 e. The normalized spacial score (nSPS) is 16.4. The van der Waals surface area contributed by atoms with E-state index in [9.17, 15) is 9.59 Å². The minimum atomic E-state index is -1.19. The molecule has 0 aromatic carbocycles. The molecular formula is C11H12N4O3. The number of H-pyrrole nitrogens is 1. The van der Waals surface area contributed by atoms with Crippen LogP contribution in [0.4, 0.5) is 0 Å². The van der Waals surface area contributed by atoms with E-state index in [2.05, 4.69) is 15.1 Å². The first kappa shape index (κ1) is 10.9. The van der Waals surface area contributed by atoms with Crippen LogP contribution in [0.2, 0.25) is 0 Å². The summed E-state index contributed by atoms with van der Waals surface area (Å²) in [4.78, 5) is 29.3. The van der Waals surface area contributed by atoms with Crippen LogP contribution in [-0.4, -0.2) is 30.7 Å². The molecule has 0 amide bonds. The van der Waals surface area contributed by atoms with Crippen molar-refractivity contribution in [2.45, 2.75) is 31.6 Å². The van der Waals surface area contributed by atoms with Gasteiger partial charge in [0.2, 0.25) is 5.82 Å². The smallest absolute Gasteiger partial charge is 0.374 e.